The number of carboxylic acid groups (broad SMARTS) is 2. The zero-order chi connectivity index (χ0) is 12.5. The third kappa shape index (κ3) is 2.41. The Labute approximate surface area is 101 Å². The normalized spacial score (nSPS) is 10.5. The van der Waals surface area contributed by atoms with Crippen molar-refractivity contribution in [2.24, 2.45) is 0 Å². The lowest BCUT2D eigenvalue weighted by atomic mass is 9.97. The minimum Gasteiger partial charge on any atom is -0.478 e. The van der Waals surface area contributed by atoms with Crippen LogP contribution in [0.1, 0.15) is 46.0 Å². The van der Waals surface area contributed by atoms with Gasteiger partial charge in [0.1, 0.15) is 0 Å². The maximum atomic E-state index is 10.9. The molecule has 0 amide bonds. The number of halogens is 1. The molecular weight excluding hydrogens is 276 g/mol. The molecule has 4 nitrogen and oxygen atoms in total. The van der Waals surface area contributed by atoms with Crippen molar-refractivity contribution in [1.82, 2.24) is 0 Å². The zero-order valence-electron chi connectivity index (χ0n) is 8.82. The van der Waals surface area contributed by atoms with Crippen LogP contribution in [0.4, 0.5) is 0 Å². The smallest absolute Gasteiger partial charge is 0.336 e. The quantitative estimate of drug-likeness (QED) is 0.896. The summed E-state index contributed by atoms with van der Waals surface area (Å²) < 4.78 is 0.616. The first kappa shape index (κ1) is 12.7. The Morgan fingerprint density at radius 3 is 1.94 bits per heavy atom. The van der Waals surface area contributed by atoms with Crippen molar-refractivity contribution in [2.75, 3.05) is 0 Å². The predicted molar refractivity (Wildman–Crippen MR) is 62.1 cm³/mol. The number of hydrogen-bond acceptors (Lipinski definition) is 2. The highest BCUT2D eigenvalue weighted by Crippen LogP contribution is 2.28. The lowest BCUT2D eigenvalue weighted by molar-refractivity contribution is 0.0651. The van der Waals surface area contributed by atoms with Gasteiger partial charge in [-0.15, -0.1) is 0 Å². The van der Waals surface area contributed by atoms with Gasteiger partial charge in [-0.25, -0.2) is 9.59 Å². The van der Waals surface area contributed by atoms with Crippen LogP contribution in [-0.4, -0.2) is 22.2 Å². The van der Waals surface area contributed by atoms with Crippen LogP contribution in [0.3, 0.4) is 0 Å². The second-order valence-corrected chi connectivity index (χ2v) is 4.54. The maximum absolute atomic E-state index is 10.9. The maximum Gasteiger partial charge on any atom is 0.336 e. The second-order valence-electron chi connectivity index (χ2n) is 3.68. The number of carbonyl (C=O) groups is 2. The largest absolute Gasteiger partial charge is 0.478 e. The van der Waals surface area contributed by atoms with E-state index < -0.39 is 11.9 Å². The van der Waals surface area contributed by atoms with Crippen molar-refractivity contribution in [2.45, 2.75) is 19.8 Å². The molecule has 0 radical (unpaired) electrons. The van der Waals surface area contributed by atoms with Crippen LogP contribution in [0.15, 0.2) is 16.6 Å². The van der Waals surface area contributed by atoms with Gasteiger partial charge in [-0.2, -0.15) is 0 Å². The molecule has 0 saturated heterocycles. The van der Waals surface area contributed by atoms with Crippen LogP contribution < -0.4 is 0 Å². The first-order chi connectivity index (χ1) is 7.34. The SMILES string of the molecule is CC(C)c1cc(C(=O)O)c(C(=O)O)cc1Br. The van der Waals surface area contributed by atoms with E-state index in [0.29, 0.717) is 4.47 Å². The Hall–Kier alpha value is -1.36. The van der Waals surface area contributed by atoms with Gasteiger partial charge in [-0.1, -0.05) is 29.8 Å². The van der Waals surface area contributed by atoms with Crippen LogP contribution in [0.25, 0.3) is 0 Å². The first-order valence-corrected chi connectivity index (χ1v) is 5.44. The second kappa shape index (κ2) is 4.65. The summed E-state index contributed by atoms with van der Waals surface area (Å²) in [6.07, 6.45) is 0. The fourth-order valence-electron chi connectivity index (χ4n) is 1.39. The summed E-state index contributed by atoms with van der Waals surface area (Å²) in [5.41, 5.74) is 0.394. The summed E-state index contributed by atoms with van der Waals surface area (Å²) in [7, 11) is 0. The van der Waals surface area contributed by atoms with E-state index in [2.05, 4.69) is 15.9 Å². The van der Waals surface area contributed by atoms with E-state index in [4.69, 9.17) is 10.2 Å². The molecule has 16 heavy (non-hydrogen) atoms. The van der Waals surface area contributed by atoms with Crippen molar-refractivity contribution in [3.05, 3.63) is 33.3 Å². The molecule has 1 rings (SSSR count). The summed E-state index contributed by atoms with van der Waals surface area (Å²) in [5, 5.41) is 17.8. The van der Waals surface area contributed by atoms with Crippen molar-refractivity contribution in [3.8, 4) is 0 Å². The van der Waals surface area contributed by atoms with Crippen molar-refractivity contribution >= 4 is 27.9 Å². The molecule has 2 N–H and O–H groups in total. The molecule has 0 fully saturated rings. The van der Waals surface area contributed by atoms with Crippen LogP contribution in [0.2, 0.25) is 0 Å². The molecule has 0 aliphatic rings. The number of benzene rings is 1. The third-order valence-corrected chi connectivity index (χ3v) is 2.91. The highest BCUT2D eigenvalue weighted by molar-refractivity contribution is 9.10. The molecule has 0 spiro atoms. The predicted octanol–water partition coefficient (Wildman–Crippen LogP) is 2.97. The molecule has 0 bridgehead atoms. The molecule has 0 heterocycles. The van der Waals surface area contributed by atoms with Gasteiger partial charge < -0.3 is 10.2 Å². The highest BCUT2D eigenvalue weighted by Gasteiger charge is 2.19. The Morgan fingerprint density at radius 2 is 1.56 bits per heavy atom. The standard InChI is InChI=1S/C11H11BrO4/c1-5(2)6-3-7(10(13)14)8(11(15)16)4-9(6)12/h3-5H,1-2H3,(H,13,14)(H,15,16). The molecule has 5 heteroatoms. The van der Waals surface area contributed by atoms with Crippen molar-refractivity contribution in [1.29, 1.82) is 0 Å². The summed E-state index contributed by atoms with van der Waals surface area (Å²) in [6, 6.07) is 2.74. The van der Waals surface area contributed by atoms with Crippen molar-refractivity contribution < 1.29 is 19.8 Å². The van der Waals surface area contributed by atoms with Crippen molar-refractivity contribution in [3.63, 3.8) is 0 Å². The molecule has 0 saturated carbocycles. The van der Waals surface area contributed by atoms with Gasteiger partial charge >= 0.3 is 11.9 Å². The molecule has 1 aromatic rings. The Bertz CT molecular complexity index is 452. The van der Waals surface area contributed by atoms with Gasteiger partial charge in [0.2, 0.25) is 0 Å². The van der Waals surface area contributed by atoms with Gasteiger partial charge in [0.05, 0.1) is 11.1 Å². The summed E-state index contributed by atoms with van der Waals surface area (Å²) in [4.78, 5) is 21.8. The highest BCUT2D eigenvalue weighted by atomic mass is 79.9. The minimum atomic E-state index is -1.24. The lowest BCUT2D eigenvalue weighted by Gasteiger charge is -2.11. The number of carboxylic acids is 2. The molecule has 86 valence electrons. The molecule has 0 unspecified atom stereocenters. The molecule has 1 aromatic carbocycles. The number of rotatable bonds is 3. The minimum absolute atomic E-state index is 0.121. The average Bonchev–Trinajstić information content (AvgIpc) is 2.15. The Balaban J connectivity index is 3.49. The zero-order valence-corrected chi connectivity index (χ0v) is 10.4. The van der Waals surface area contributed by atoms with Gasteiger partial charge in [-0.05, 0) is 23.6 Å². The fraction of sp³-hybridized carbons (Fsp3) is 0.273. The van der Waals surface area contributed by atoms with E-state index in [1.807, 2.05) is 13.8 Å². The van der Waals surface area contributed by atoms with Crippen LogP contribution in [0, 0.1) is 0 Å². The van der Waals surface area contributed by atoms with E-state index in [1.54, 1.807) is 0 Å². The van der Waals surface area contributed by atoms with E-state index in [9.17, 15) is 9.59 Å². The van der Waals surface area contributed by atoms with E-state index in [1.165, 1.54) is 12.1 Å². The summed E-state index contributed by atoms with van der Waals surface area (Å²) in [5.74, 6) is -2.35. The summed E-state index contributed by atoms with van der Waals surface area (Å²) >= 11 is 3.24. The van der Waals surface area contributed by atoms with E-state index >= 15 is 0 Å². The molecule has 0 aliphatic heterocycles. The average molecular weight is 287 g/mol. The van der Waals surface area contributed by atoms with Crippen LogP contribution in [-0.2, 0) is 0 Å². The van der Waals surface area contributed by atoms with Gasteiger partial charge in [0, 0.05) is 4.47 Å². The van der Waals surface area contributed by atoms with Crippen LogP contribution in [0.5, 0.6) is 0 Å². The Kier molecular flexibility index (Phi) is 3.70. The first-order valence-electron chi connectivity index (χ1n) is 4.64. The topological polar surface area (TPSA) is 74.6 Å². The Morgan fingerprint density at radius 1 is 1.12 bits per heavy atom. The molecule has 0 aromatic heterocycles. The number of aromatic carboxylic acids is 2. The molecular formula is C11H11BrO4. The number of hydrogen-bond donors (Lipinski definition) is 2. The van der Waals surface area contributed by atoms with E-state index in [-0.39, 0.29) is 17.0 Å². The summed E-state index contributed by atoms with van der Waals surface area (Å²) in [6.45, 7) is 3.82. The molecule has 0 atom stereocenters. The van der Waals surface area contributed by atoms with Gasteiger partial charge in [0.15, 0.2) is 0 Å². The van der Waals surface area contributed by atoms with Gasteiger partial charge in [-0.3, -0.25) is 0 Å². The fourth-order valence-corrected chi connectivity index (χ4v) is 2.19. The van der Waals surface area contributed by atoms with E-state index in [0.717, 1.165) is 5.56 Å². The third-order valence-electron chi connectivity index (χ3n) is 2.22. The van der Waals surface area contributed by atoms with Crippen LogP contribution >= 0.6 is 15.9 Å². The molecule has 0 aliphatic carbocycles. The van der Waals surface area contributed by atoms with Gasteiger partial charge in [0.25, 0.3) is 0 Å². The monoisotopic (exact) mass is 286 g/mol. The lowest BCUT2D eigenvalue weighted by Crippen LogP contribution is -2.09.